The van der Waals surface area contributed by atoms with Gasteiger partial charge in [-0.05, 0) is 63.4 Å². The van der Waals surface area contributed by atoms with Crippen LogP contribution < -0.4 is 0 Å². The van der Waals surface area contributed by atoms with Crippen LogP contribution in [0, 0.1) is 11.3 Å². The van der Waals surface area contributed by atoms with Crippen molar-refractivity contribution in [3.63, 3.8) is 0 Å². The van der Waals surface area contributed by atoms with Gasteiger partial charge in [0.2, 0.25) is 0 Å². The maximum atomic E-state index is 9.95. The molecule has 1 aromatic rings. The fourth-order valence-electron chi connectivity index (χ4n) is 3.61. The molecule has 0 amide bonds. The molecule has 120 valence electrons. The summed E-state index contributed by atoms with van der Waals surface area (Å²) in [6, 6.07) is 2.54. The summed E-state index contributed by atoms with van der Waals surface area (Å²) in [4.78, 5) is 0. The Labute approximate surface area is 129 Å². The van der Waals surface area contributed by atoms with Gasteiger partial charge in [0.1, 0.15) is 0 Å². The van der Waals surface area contributed by atoms with Gasteiger partial charge >= 0.3 is 0 Å². The van der Waals surface area contributed by atoms with E-state index >= 15 is 0 Å². The van der Waals surface area contributed by atoms with E-state index in [2.05, 4.69) is 38.1 Å². The summed E-state index contributed by atoms with van der Waals surface area (Å²) in [5.41, 5.74) is 1.23. The topological polar surface area (TPSA) is 38.0 Å². The molecule has 1 aliphatic carbocycles. The fraction of sp³-hybridized carbons (Fsp3) is 0.833. The van der Waals surface area contributed by atoms with Crippen molar-refractivity contribution >= 4 is 0 Å². The second-order valence-electron chi connectivity index (χ2n) is 7.30. The zero-order chi connectivity index (χ0) is 15.3. The van der Waals surface area contributed by atoms with Crippen LogP contribution in [0.3, 0.4) is 0 Å². The normalized spacial score (nSPS) is 26.4. The minimum absolute atomic E-state index is 0.0822. The van der Waals surface area contributed by atoms with Gasteiger partial charge in [-0.15, -0.1) is 0 Å². The highest BCUT2D eigenvalue weighted by Gasteiger charge is 2.35. The van der Waals surface area contributed by atoms with Crippen LogP contribution in [0.5, 0.6) is 0 Å². The maximum Gasteiger partial charge on any atom is 0.0631 e. The molecule has 3 heteroatoms. The Kier molecular flexibility index (Phi) is 5.86. The average Bonchev–Trinajstić information content (AvgIpc) is 2.95. The minimum Gasteiger partial charge on any atom is -0.396 e. The smallest absolute Gasteiger partial charge is 0.0631 e. The first kappa shape index (κ1) is 16.5. The molecule has 3 nitrogen and oxygen atoms in total. The third-order valence-corrected chi connectivity index (χ3v) is 5.22. The molecule has 0 radical (unpaired) electrons. The second-order valence-corrected chi connectivity index (χ2v) is 7.30. The lowest BCUT2D eigenvalue weighted by Gasteiger charge is -2.38. The highest BCUT2D eigenvalue weighted by atomic mass is 16.3. The lowest BCUT2D eigenvalue weighted by molar-refractivity contribution is 0.0610. The minimum atomic E-state index is 0.0822. The summed E-state index contributed by atoms with van der Waals surface area (Å²) in [6.45, 7) is 6.88. The number of aliphatic hydroxyl groups excluding tert-OH is 1. The van der Waals surface area contributed by atoms with E-state index in [4.69, 9.17) is 0 Å². The van der Waals surface area contributed by atoms with Crippen molar-refractivity contribution < 1.29 is 5.11 Å². The van der Waals surface area contributed by atoms with Crippen LogP contribution in [0.4, 0.5) is 0 Å². The Morgan fingerprint density at radius 3 is 2.62 bits per heavy atom. The number of rotatable bonds is 7. The first-order valence-corrected chi connectivity index (χ1v) is 8.73. The van der Waals surface area contributed by atoms with Crippen LogP contribution in [0.1, 0.15) is 77.5 Å². The van der Waals surface area contributed by atoms with Gasteiger partial charge in [-0.25, -0.2) is 0 Å². The van der Waals surface area contributed by atoms with E-state index in [9.17, 15) is 5.11 Å². The van der Waals surface area contributed by atoms with Crippen LogP contribution in [0.15, 0.2) is 12.3 Å². The molecule has 0 aliphatic heterocycles. The van der Waals surface area contributed by atoms with Crippen molar-refractivity contribution in [2.45, 2.75) is 78.2 Å². The predicted molar refractivity (Wildman–Crippen MR) is 87.3 cm³/mol. The molecule has 1 aliphatic rings. The lowest BCUT2D eigenvalue weighted by Crippen LogP contribution is -2.33. The summed E-state index contributed by atoms with van der Waals surface area (Å²) in [5.74, 6) is 0.887. The molecule has 2 rings (SSSR count). The SMILES string of the molecule is CCCCC1CCC(CO)(Cc2ccn(C(C)C)n2)CC1. The van der Waals surface area contributed by atoms with Crippen LogP contribution in [-0.2, 0) is 6.42 Å². The number of aliphatic hydroxyl groups is 1. The molecule has 0 aromatic carbocycles. The molecule has 1 fully saturated rings. The van der Waals surface area contributed by atoms with Gasteiger partial charge in [0.05, 0.1) is 5.69 Å². The number of unbranched alkanes of at least 4 members (excludes halogenated alkanes) is 1. The van der Waals surface area contributed by atoms with Crippen LogP contribution in [0.2, 0.25) is 0 Å². The van der Waals surface area contributed by atoms with Crippen LogP contribution in [-0.4, -0.2) is 21.5 Å². The molecule has 1 aromatic heterocycles. The Balaban J connectivity index is 1.93. The molecule has 0 spiro atoms. The molecule has 0 saturated heterocycles. The van der Waals surface area contributed by atoms with E-state index in [1.807, 2.05) is 4.68 Å². The number of hydrogen-bond acceptors (Lipinski definition) is 2. The summed E-state index contributed by atoms with van der Waals surface area (Å²) < 4.78 is 2.02. The van der Waals surface area contributed by atoms with E-state index in [0.717, 1.165) is 30.9 Å². The first-order valence-electron chi connectivity index (χ1n) is 8.73. The third-order valence-electron chi connectivity index (χ3n) is 5.22. The quantitative estimate of drug-likeness (QED) is 0.810. The van der Waals surface area contributed by atoms with Crippen molar-refractivity contribution in [1.82, 2.24) is 9.78 Å². The van der Waals surface area contributed by atoms with Crippen molar-refractivity contribution in [1.29, 1.82) is 0 Å². The van der Waals surface area contributed by atoms with E-state index in [0.29, 0.717) is 12.6 Å². The molecule has 1 heterocycles. The van der Waals surface area contributed by atoms with Crippen molar-refractivity contribution in [2.24, 2.45) is 11.3 Å². The largest absolute Gasteiger partial charge is 0.396 e. The zero-order valence-corrected chi connectivity index (χ0v) is 14.0. The monoisotopic (exact) mass is 292 g/mol. The van der Waals surface area contributed by atoms with E-state index in [1.165, 1.54) is 32.1 Å². The Hall–Kier alpha value is -0.830. The number of nitrogens with zero attached hydrogens (tertiary/aromatic N) is 2. The van der Waals surface area contributed by atoms with Gasteiger partial charge in [-0.2, -0.15) is 5.10 Å². The van der Waals surface area contributed by atoms with Gasteiger partial charge in [-0.1, -0.05) is 26.2 Å². The fourth-order valence-corrected chi connectivity index (χ4v) is 3.61. The lowest BCUT2D eigenvalue weighted by atomic mass is 9.68. The van der Waals surface area contributed by atoms with Gasteiger partial charge in [0.25, 0.3) is 0 Å². The zero-order valence-electron chi connectivity index (χ0n) is 14.0. The first-order chi connectivity index (χ1) is 10.1. The summed E-state index contributed by atoms with van der Waals surface area (Å²) in [5, 5.41) is 14.6. The number of aromatic nitrogens is 2. The van der Waals surface area contributed by atoms with Gasteiger partial charge in [0, 0.05) is 18.8 Å². The molecule has 0 bridgehead atoms. The number of hydrogen-bond donors (Lipinski definition) is 1. The van der Waals surface area contributed by atoms with Gasteiger partial charge in [-0.3, -0.25) is 4.68 Å². The highest BCUT2D eigenvalue weighted by Crippen LogP contribution is 2.42. The Morgan fingerprint density at radius 1 is 1.38 bits per heavy atom. The average molecular weight is 292 g/mol. The van der Waals surface area contributed by atoms with Gasteiger partial charge < -0.3 is 5.11 Å². The van der Waals surface area contributed by atoms with E-state index in [-0.39, 0.29) is 5.41 Å². The predicted octanol–water partition coefficient (Wildman–Crippen LogP) is 4.37. The van der Waals surface area contributed by atoms with E-state index in [1.54, 1.807) is 0 Å². The molecule has 1 saturated carbocycles. The third kappa shape index (κ3) is 4.32. The summed E-state index contributed by atoms with van der Waals surface area (Å²) in [6.07, 6.45) is 11.9. The summed E-state index contributed by atoms with van der Waals surface area (Å²) in [7, 11) is 0. The van der Waals surface area contributed by atoms with Gasteiger partial charge in [0.15, 0.2) is 0 Å². The molecule has 1 N–H and O–H groups in total. The van der Waals surface area contributed by atoms with Crippen molar-refractivity contribution in [3.8, 4) is 0 Å². The van der Waals surface area contributed by atoms with Crippen LogP contribution in [0.25, 0.3) is 0 Å². The molecule has 0 atom stereocenters. The Bertz CT molecular complexity index is 417. The molecular weight excluding hydrogens is 260 g/mol. The van der Waals surface area contributed by atoms with Crippen molar-refractivity contribution in [3.05, 3.63) is 18.0 Å². The molecule has 21 heavy (non-hydrogen) atoms. The van der Waals surface area contributed by atoms with Crippen molar-refractivity contribution in [2.75, 3.05) is 6.61 Å². The second kappa shape index (κ2) is 7.44. The molecule has 0 unspecified atom stereocenters. The van der Waals surface area contributed by atoms with E-state index < -0.39 is 0 Å². The Morgan fingerprint density at radius 2 is 2.10 bits per heavy atom. The highest BCUT2D eigenvalue weighted by molar-refractivity contribution is 5.05. The maximum absolute atomic E-state index is 9.95. The standard InChI is InChI=1S/C18H32N2O/c1-4-5-6-16-7-10-18(14-21,11-8-16)13-17-9-12-20(19-17)15(2)3/h9,12,15-16,21H,4-8,10-11,13-14H2,1-3H3. The summed E-state index contributed by atoms with van der Waals surface area (Å²) >= 11 is 0. The molecular formula is C18H32N2O. The van der Waals surface area contributed by atoms with Crippen LogP contribution >= 0.6 is 0 Å².